The molecule has 0 aliphatic rings. The molecule has 0 radical (unpaired) electrons. The van der Waals surface area contributed by atoms with Crippen molar-refractivity contribution in [2.75, 3.05) is 13.2 Å². The Kier molecular flexibility index (Phi) is 21.0. The Morgan fingerprint density at radius 3 is 0.878 bits per heavy atom. The summed E-state index contributed by atoms with van der Waals surface area (Å²) in [6.45, 7) is 28.3. The van der Waals surface area contributed by atoms with E-state index in [4.69, 9.17) is 23.7 Å². The van der Waals surface area contributed by atoms with Gasteiger partial charge in [0.25, 0.3) is 0 Å². The Hall–Kier alpha value is 0.230. The van der Waals surface area contributed by atoms with Gasteiger partial charge in [0.1, 0.15) is 11.5 Å². The van der Waals surface area contributed by atoms with E-state index in [1.165, 1.54) is 0 Å². The zero-order valence-electron chi connectivity index (χ0n) is 32.0. The first kappa shape index (κ1) is 51.3. The first-order valence-corrected chi connectivity index (χ1v) is 20.5. The number of phenols is 2. The minimum Gasteiger partial charge on any atom is -0.820 e. The molecule has 0 unspecified atom stereocenters. The predicted molar refractivity (Wildman–Crippen MR) is 199 cm³/mol. The summed E-state index contributed by atoms with van der Waals surface area (Å²) < 4.78 is 10.1. The van der Waals surface area contributed by atoms with Crippen LogP contribution >= 0.6 is 24.5 Å². The minimum absolute atomic E-state index is 0. The first-order chi connectivity index (χ1) is 21.3. The second-order valence-corrected chi connectivity index (χ2v) is 20.1. The molecule has 2 rings (SSSR count). The molecule has 0 fully saturated rings. The average molecular weight is 779 g/mol. The summed E-state index contributed by atoms with van der Waals surface area (Å²) in [7, 11) is -9.93. The normalized spacial score (nSPS) is 12.9. The van der Waals surface area contributed by atoms with Crippen LogP contribution in [0, 0.1) is 0 Å². The fourth-order valence-electron chi connectivity index (χ4n) is 4.84. The van der Waals surface area contributed by atoms with Gasteiger partial charge in [0, 0.05) is 0 Å². The van der Waals surface area contributed by atoms with Crippen LogP contribution in [0.2, 0.25) is 0 Å². The summed E-state index contributed by atoms with van der Waals surface area (Å²) in [5.74, 6) is 0.583. The van der Waals surface area contributed by atoms with Crippen molar-refractivity contribution in [1.29, 1.82) is 0 Å². The van der Waals surface area contributed by atoms with E-state index in [2.05, 4.69) is 0 Å². The molecule has 0 heterocycles. The van der Waals surface area contributed by atoms with Crippen LogP contribution < -0.4 is 9.79 Å². The summed E-state index contributed by atoms with van der Waals surface area (Å²) in [6, 6.07) is 7.41. The van der Waals surface area contributed by atoms with Crippen LogP contribution in [0.4, 0.5) is 0 Å². The molecule has 2 aromatic carbocycles. The summed E-state index contributed by atoms with van der Waals surface area (Å²) >= 11 is 0. The van der Waals surface area contributed by atoms with Gasteiger partial charge in [0.2, 0.25) is 0 Å². The molecule has 0 spiro atoms. The summed E-state index contributed by atoms with van der Waals surface area (Å²) in [5.41, 5.74) is 3.85. The van der Waals surface area contributed by atoms with Gasteiger partial charge in [0.15, 0.2) is 12.3 Å². The van der Waals surface area contributed by atoms with Crippen LogP contribution in [0.25, 0.3) is 0 Å². The molecule has 0 saturated heterocycles. The maximum atomic E-state index is 10.6. The Balaban J connectivity index is 0. The van der Waals surface area contributed by atoms with Crippen LogP contribution in [0.15, 0.2) is 24.3 Å². The van der Waals surface area contributed by atoms with Crippen molar-refractivity contribution in [3.8, 4) is 11.5 Å². The molecule has 0 aromatic heterocycles. The van der Waals surface area contributed by atoms with Gasteiger partial charge in [-0.2, -0.15) is 37.2 Å². The van der Waals surface area contributed by atoms with Crippen molar-refractivity contribution in [2.45, 2.75) is 131 Å². The molecule has 0 amide bonds. The molecule has 0 bridgehead atoms. The summed E-state index contributed by atoms with van der Waals surface area (Å²) in [6.07, 6.45) is 0.126. The van der Waals surface area contributed by atoms with Gasteiger partial charge in [-0.15, -0.1) is 0 Å². The molecule has 0 aliphatic carbocycles. The van der Waals surface area contributed by atoms with Crippen LogP contribution in [-0.2, 0) is 43.0 Å². The number of aromatic hydroxyl groups is 2. The van der Waals surface area contributed by atoms with Crippen molar-refractivity contribution in [3.05, 3.63) is 57.6 Å². The SMILES string of the molecule is CCO[P+](O)(O)Cc1cc(C(C)(C)C)c(O)c(C(C)(C)C)c1.CCO[P+](O)(O)Cc1cc(C(C)(C)C)c(O)c(C(C)(C)C)c1.[Ca+2].[O-]P([O-])O. The Bertz CT molecular complexity index is 1140. The van der Waals surface area contributed by atoms with E-state index >= 15 is 0 Å². The molecule has 278 valence electrons. The molecular formula is C34H61CaO11P3+2. The second kappa shape index (κ2) is 20.1. The van der Waals surface area contributed by atoms with E-state index in [9.17, 15) is 29.8 Å². The topological polar surface area (TPSA) is 206 Å². The van der Waals surface area contributed by atoms with Crippen molar-refractivity contribution in [2.24, 2.45) is 0 Å². The average Bonchev–Trinajstić information content (AvgIpc) is 2.82. The number of phenolic OH excluding ortho intramolecular Hbond substituents is 2. The molecule has 15 heteroatoms. The van der Waals surface area contributed by atoms with Gasteiger partial charge in [-0.1, -0.05) is 83.1 Å². The van der Waals surface area contributed by atoms with E-state index in [1.54, 1.807) is 13.8 Å². The summed E-state index contributed by atoms with van der Waals surface area (Å²) in [4.78, 5) is 64.2. The molecule has 2 aromatic rings. The zero-order valence-corrected chi connectivity index (χ0v) is 36.8. The van der Waals surface area contributed by atoms with Crippen molar-refractivity contribution in [1.82, 2.24) is 0 Å². The summed E-state index contributed by atoms with van der Waals surface area (Å²) in [5, 5.41) is 21.3. The number of benzene rings is 2. The zero-order chi connectivity index (χ0) is 38.3. The quantitative estimate of drug-likeness (QED) is 0.121. The minimum atomic E-state index is -3.41. The second-order valence-electron chi connectivity index (χ2n) is 15.8. The largest absolute Gasteiger partial charge is 2.00 e. The van der Waals surface area contributed by atoms with Crippen LogP contribution in [0.1, 0.15) is 130 Å². The smallest absolute Gasteiger partial charge is 0.820 e. The van der Waals surface area contributed by atoms with Gasteiger partial charge in [0.05, 0.1) is 13.2 Å². The first-order valence-electron chi connectivity index (χ1n) is 15.8. The third-order valence-electron chi connectivity index (χ3n) is 7.02. The molecule has 0 saturated carbocycles. The van der Waals surface area contributed by atoms with E-state index in [-0.39, 0.29) is 84.9 Å². The van der Waals surface area contributed by atoms with Crippen molar-refractivity contribution < 1.29 is 53.5 Å². The molecule has 7 N–H and O–H groups in total. The van der Waals surface area contributed by atoms with Crippen LogP contribution in [-0.4, -0.2) is 85.6 Å². The van der Waals surface area contributed by atoms with E-state index in [0.29, 0.717) is 11.5 Å². The van der Waals surface area contributed by atoms with Crippen LogP contribution in [0.3, 0.4) is 0 Å². The van der Waals surface area contributed by atoms with E-state index < -0.39 is 24.5 Å². The standard InChI is InChI=1S/2C17H29O4P.Ca.HO3P/c2*1-8-21-22(19,20)11-12-9-13(16(2,3)4)15(18)14(10-12)17(5,6)7;;1-4(2)3/h2*9-10,19-20H,8,11H2,1-7H3;;1H/q;;+2;-2/p+2. The molecule has 11 nitrogen and oxygen atoms in total. The third-order valence-corrected chi connectivity index (χ3v) is 9.92. The Morgan fingerprint density at radius 1 is 0.551 bits per heavy atom. The number of hydrogen-bond acceptors (Lipinski definition) is 11. The number of hydrogen-bond donors (Lipinski definition) is 7. The fourth-order valence-corrected chi connectivity index (χ4v) is 7.16. The van der Waals surface area contributed by atoms with Gasteiger partial charge in [-0.3, -0.25) is 0 Å². The van der Waals surface area contributed by atoms with E-state index in [1.807, 2.05) is 107 Å². The maximum absolute atomic E-state index is 10.6. The number of rotatable bonds is 8. The van der Waals surface area contributed by atoms with Crippen molar-refractivity contribution >= 4 is 62.2 Å². The monoisotopic (exact) mass is 778 g/mol. The van der Waals surface area contributed by atoms with Gasteiger partial charge >= 0.3 is 53.6 Å². The molecule has 0 atom stereocenters. The third kappa shape index (κ3) is 18.7. The maximum Gasteiger partial charge on any atom is 2.00 e. The molecule has 0 aliphatic heterocycles. The van der Waals surface area contributed by atoms with Crippen LogP contribution in [0.5, 0.6) is 11.5 Å². The van der Waals surface area contributed by atoms with E-state index in [0.717, 1.165) is 33.4 Å². The van der Waals surface area contributed by atoms with Gasteiger partial charge < -0.3 is 24.9 Å². The molecular weight excluding hydrogens is 717 g/mol. The predicted octanol–water partition coefficient (Wildman–Crippen LogP) is 6.09. The molecule has 49 heavy (non-hydrogen) atoms. The fraction of sp³-hybridized carbons (Fsp3) is 0.647. The van der Waals surface area contributed by atoms with Gasteiger partial charge in [-0.25, -0.2) is 0 Å². The van der Waals surface area contributed by atoms with Gasteiger partial charge in [-0.05, 0) is 93.2 Å². The Labute approximate surface area is 326 Å². The Morgan fingerprint density at radius 2 is 0.735 bits per heavy atom. The van der Waals surface area contributed by atoms with Crippen molar-refractivity contribution in [3.63, 3.8) is 0 Å².